The summed E-state index contributed by atoms with van der Waals surface area (Å²) >= 11 is 0. The Kier molecular flexibility index (Phi) is 5.20. The first-order chi connectivity index (χ1) is 11.4. The second-order valence-electron chi connectivity index (χ2n) is 7.52. The molecule has 0 aromatic carbocycles. The third kappa shape index (κ3) is 3.34. The van der Waals surface area contributed by atoms with Gasteiger partial charge < -0.3 is 9.64 Å². The maximum atomic E-state index is 13.0. The smallest absolute Gasteiger partial charge is 0.282 e. The summed E-state index contributed by atoms with van der Waals surface area (Å²) in [5.74, 6) is 0.204. The van der Waals surface area contributed by atoms with Crippen molar-refractivity contribution in [1.82, 2.24) is 13.5 Å². The Morgan fingerprint density at radius 3 is 2.54 bits per heavy atom. The lowest BCUT2D eigenvalue weighted by atomic mass is 9.73. The molecule has 0 bridgehead atoms. The van der Waals surface area contributed by atoms with E-state index in [0.29, 0.717) is 32.7 Å². The molecule has 1 amide bonds. The highest BCUT2D eigenvalue weighted by Crippen LogP contribution is 2.41. The largest absolute Gasteiger partial charge is 0.383 e. The maximum absolute atomic E-state index is 13.0. The molecule has 0 aliphatic carbocycles. The zero-order valence-corrected chi connectivity index (χ0v) is 15.6. The van der Waals surface area contributed by atoms with Crippen molar-refractivity contribution in [1.29, 1.82) is 0 Å². The Labute approximate surface area is 145 Å². The van der Waals surface area contributed by atoms with Crippen LogP contribution < -0.4 is 0 Å². The lowest BCUT2D eigenvalue weighted by Gasteiger charge is -2.46. The fourth-order valence-corrected chi connectivity index (χ4v) is 6.30. The molecule has 0 saturated carbocycles. The van der Waals surface area contributed by atoms with Crippen LogP contribution in [0.3, 0.4) is 0 Å². The molecule has 0 N–H and O–H groups in total. The number of carbonyl (C=O) groups is 1. The van der Waals surface area contributed by atoms with Crippen molar-refractivity contribution in [3.8, 4) is 0 Å². The lowest BCUT2D eigenvalue weighted by Crippen LogP contribution is -2.54. The second kappa shape index (κ2) is 6.90. The van der Waals surface area contributed by atoms with Gasteiger partial charge in [-0.1, -0.05) is 0 Å². The summed E-state index contributed by atoms with van der Waals surface area (Å²) in [6.45, 7) is 2.93. The normalized spacial score (nSPS) is 29.5. The molecule has 0 radical (unpaired) electrons. The molecule has 3 fully saturated rings. The Morgan fingerprint density at radius 1 is 1.21 bits per heavy atom. The summed E-state index contributed by atoms with van der Waals surface area (Å²) in [5.41, 5.74) is 0.103. The van der Waals surface area contributed by atoms with Crippen LogP contribution in [-0.4, -0.2) is 80.8 Å². The molecule has 1 atom stereocenters. The van der Waals surface area contributed by atoms with Gasteiger partial charge >= 0.3 is 0 Å². The fourth-order valence-electron chi connectivity index (χ4n) is 4.45. The number of piperidine rings is 2. The molecule has 8 heteroatoms. The van der Waals surface area contributed by atoms with Crippen molar-refractivity contribution in [3.05, 3.63) is 0 Å². The Hall–Kier alpha value is -0.700. The molecule has 1 spiro atoms. The summed E-state index contributed by atoms with van der Waals surface area (Å²) in [7, 11) is 0.0662. The Bertz CT molecular complexity index is 572. The lowest BCUT2D eigenvalue weighted by molar-refractivity contribution is -0.136. The average molecular weight is 359 g/mol. The van der Waals surface area contributed by atoms with Crippen molar-refractivity contribution in [3.63, 3.8) is 0 Å². The van der Waals surface area contributed by atoms with Gasteiger partial charge in [-0.05, 0) is 37.5 Å². The van der Waals surface area contributed by atoms with E-state index in [1.54, 1.807) is 15.7 Å². The minimum Gasteiger partial charge on any atom is -0.383 e. The third-order valence-electron chi connectivity index (χ3n) is 5.96. The van der Waals surface area contributed by atoms with Gasteiger partial charge in [0.1, 0.15) is 0 Å². The third-order valence-corrected chi connectivity index (χ3v) is 8.05. The van der Waals surface area contributed by atoms with E-state index in [1.165, 1.54) is 0 Å². The number of methoxy groups -OCH3 is 1. The summed E-state index contributed by atoms with van der Waals surface area (Å²) < 4.78 is 34.4. The number of carbonyl (C=O) groups excluding carboxylic acids is 1. The number of hydrogen-bond acceptors (Lipinski definition) is 4. The fraction of sp³-hybridized carbons (Fsp3) is 0.938. The van der Waals surface area contributed by atoms with E-state index in [1.807, 2.05) is 11.9 Å². The molecule has 3 saturated heterocycles. The quantitative estimate of drug-likeness (QED) is 0.740. The van der Waals surface area contributed by atoms with Crippen LogP contribution in [0, 0.1) is 5.41 Å². The van der Waals surface area contributed by atoms with E-state index in [4.69, 9.17) is 4.74 Å². The Morgan fingerprint density at radius 2 is 1.92 bits per heavy atom. The standard InChI is InChI=1S/C16H29N3O4S/c1-17-13-16(6-5-15(17)20)7-10-18(11-8-16)24(21,22)19-9-3-4-14(19)12-23-2/h14H,3-13H2,1-2H3. The van der Waals surface area contributed by atoms with Gasteiger partial charge in [-0.2, -0.15) is 17.0 Å². The SMILES string of the molecule is COCC1CCCN1S(=O)(=O)N1CCC2(CCC(=O)N(C)C2)CC1. The predicted molar refractivity (Wildman–Crippen MR) is 90.6 cm³/mol. The van der Waals surface area contributed by atoms with Gasteiger partial charge in [0.05, 0.1) is 6.61 Å². The molecule has 7 nitrogen and oxygen atoms in total. The first kappa shape index (κ1) is 18.1. The average Bonchev–Trinajstić information content (AvgIpc) is 3.01. The monoisotopic (exact) mass is 359 g/mol. The summed E-state index contributed by atoms with van der Waals surface area (Å²) in [5, 5.41) is 0. The summed E-state index contributed by atoms with van der Waals surface area (Å²) in [4.78, 5) is 13.5. The molecule has 0 aromatic rings. The number of amides is 1. The van der Waals surface area contributed by atoms with Crippen molar-refractivity contribution in [2.75, 3.05) is 46.9 Å². The molecule has 138 valence electrons. The highest BCUT2D eigenvalue weighted by molar-refractivity contribution is 7.86. The van der Waals surface area contributed by atoms with Gasteiger partial charge in [0.15, 0.2) is 0 Å². The molecule has 3 aliphatic heterocycles. The van der Waals surface area contributed by atoms with Gasteiger partial charge in [-0.25, -0.2) is 0 Å². The van der Waals surface area contributed by atoms with Crippen LogP contribution in [0.4, 0.5) is 0 Å². The highest BCUT2D eigenvalue weighted by Gasteiger charge is 2.44. The molecule has 0 aromatic heterocycles. The van der Waals surface area contributed by atoms with Crippen LogP contribution >= 0.6 is 0 Å². The second-order valence-corrected chi connectivity index (χ2v) is 9.40. The number of rotatable bonds is 4. The van der Waals surface area contributed by atoms with Gasteiger partial charge in [0.2, 0.25) is 5.91 Å². The van der Waals surface area contributed by atoms with Crippen LogP contribution in [0.2, 0.25) is 0 Å². The van der Waals surface area contributed by atoms with Crippen molar-refractivity contribution >= 4 is 16.1 Å². The maximum Gasteiger partial charge on any atom is 0.282 e. The minimum absolute atomic E-state index is 0.0330. The van der Waals surface area contributed by atoms with Crippen LogP contribution in [0.5, 0.6) is 0 Å². The summed E-state index contributed by atoms with van der Waals surface area (Å²) in [6.07, 6.45) is 4.93. The van der Waals surface area contributed by atoms with Crippen molar-refractivity contribution < 1.29 is 17.9 Å². The Balaban J connectivity index is 1.64. The number of hydrogen-bond donors (Lipinski definition) is 0. The molecule has 3 rings (SSSR count). The van der Waals surface area contributed by atoms with E-state index in [-0.39, 0.29) is 17.4 Å². The van der Waals surface area contributed by atoms with Gasteiger partial charge in [0.25, 0.3) is 10.2 Å². The molecule has 3 heterocycles. The van der Waals surface area contributed by atoms with Crippen LogP contribution in [0.15, 0.2) is 0 Å². The molecular formula is C16H29N3O4S. The topological polar surface area (TPSA) is 70.2 Å². The first-order valence-corrected chi connectivity index (χ1v) is 10.3. The van der Waals surface area contributed by atoms with Crippen LogP contribution in [0.25, 0.3) is 0 Å². The van der Waals surface area contributed by atoms with Gasteiger partial charge in [0, 0.05) is 52.8 Å². The van der Waals surface area contributed by atoms with Crippen molar-refractivity contribution in [2.24, 2.45) is 5.41 Å². The van der Waals surface area contributed by atoms with E-state index >= 15 is 0 Å². The highest BCUT2D eigenvalue weighted by atomic mass is 32.2. The van der Waals surface area contributed by atoms with E-state index in [0.717, 1.165) is 38.6 Å². The molecule has 1 unspecified atom stereocenters. The molecule has 3 aliphatic rings. The zero-order valence-electron chi connectivity index (χ0n) is 14.7. The summed E-state index contributed by atoms with van der Waals surface area (Å²) in [6, 6.07) is -0.0330. The first-order valence-electron chi connectivity index (χ1n) is 8.88. The van der Waals surface area contributed by atoms with E-state index in [9.17, 15) is 13.2 Å². The molecule has 24 heavy (non-hydrogen) atoms. The number of likely N-dealkylation sites (tertiary alicyclic amines) is 1. The number of ether oxygens (including phenoxy) is 1. The van der Waals surface area contributed by atoms with E-state index < -0.39 is 10.2 Å². The zero-order chi connectivity index (χ0) is 17.4. The van der Waals surface area contributed by atoms with E-state index in [2.05, 4.69) is 0 Å². The minimum atomic E-state index is -3.41. The molecular weight excluding hydrogens is 330 g/mol. The van der Waals surface area contributed by atoms with Gasteiger partial charge in [-0.3, -0.25) is 4.79 Å². The van der Waals surface area contributed by atoms with Gasteiger partial charge in [-0.15, -0.1) is 0 Å². The van der Waals surface area contributed by atoms with Crippen LogP contribution in [-0.2, 0) is 19.7 Å². The predicted octanol–water partition coefficient (Wildman–Crippen LogP) is 0.676. The van der Waals surface area contributed by atoms with Crippen LogP contribution in [0.1, 0.15) is 38.5 Å². The van der Waals surface area contributed by atoms with Crippen molar-refractivity contribution in [2.45, 2.75) is 44.6 Å². The number of nitrogens with zero attached hydrogens (tertiary/aromatic N) is 3.